The van der Waals surface area contributed by atoms with Gasteiger partial charge in [0.15, 0.2) is 6.04 Å². The Hall–Kier alpha value is -2.48. The lowest BCUT2D eigenvalue weighted by atomic mass is 10.1. The maximum absolute atomic E-state index is 13.1. The maximum atomic E-state index is 13.1. The topological polar surface area (TPSA) is 79.0 Å². The average molecular weight is 417 g/mol. The minimum absolute atomic E-state index is 0.229. The van der Waals surface area contributed by atoms with Gasteiger partial charge in [0.2, 0.25) is 0 Å². The molecular weight excluding hydrogens is 400 g/mol. The minimum atomic E-state index is -0.937. The first-order chi connectivity index (χ1) is 12.6. The number of carbonyl (C=O) groups is 1. The van der Waals surface area contributed by atoms with Crippen LogP contribution in [0.4, 0.5) is 0 Å². The molecule has 3 heterocycles. The first-order valence-corrected chi connectivity index (χ1v) is 9.26. The van der Waals surface area contributed by atoms with E-state index in [1.54, 1.807) is 25.4 Å². The van der Waals surface area contributed by atoms with Crippen LogP contribution >= 0.6 is 15.9 Å². The first kappa shape index (κ1) is 17.0. The lowest BCUT2D eigenvalue weighted by Gasteiger charge is -2.18. The highest BCUT2D eigenvalue weighted by Crippen LogP contribution is 2.27. The van der Waals surface area contributed by atoms with Gasteiger partial charge in [0.25, 0.3) is 5.56 Å². The highest BCUT2D eigenvalue weighted by Gasteiger charge is 2.32. The van der Waals surface area contributed by atoms with Gasteiger partial charge in [-0.2, -0.15) is 0 Å². The quantitative estimate of drug-likeness (QED) is 0.610. The minimum Gasteiger partial charge on any atom is -0.464 e. The number of imidazole rings is 1. The van der Waals surface area contributed by atoms with Gasteiger partial charge in [0.05, 0.1) is 35.9 Å². The molecule has 0 bridgehead atoms. The summed E-state index contributed by atoms with van der Waals surface area (Å²) in [4.78, 5) is 34.6. The molecule has 1 unspecified atom stereocenters. The van der Waals surface area contributed by atoms with Crippen molar-refractivity contribution >= 4 is 32.8 Å². The molecule has 1 atom stereocenters. The van der Waals surface area contributed by atoms with Gasteiger partial charge in [-0.15, -0.1) is 0 Å². The van der Waals surface area contributed by atoms with Crippen molar-refractivity contribution in [1.29, 1.82) is 0 Å². The van der Waals surface area contributed by atoms with E-state index in [0.29, 0.717) is 16.6 Å². The van der Waals surface area contributed by atoms with Gasteiger partial charge >= 0.3 is 5.97 Å². The molecule has 0 spiro atoms. The second-order valence-corrected chi connectivity index (χ2v) is 7.06. The Labute approximate surface area is 157 Å². The molecule has 2 aromatic heterocycles. The van der Waals surface area contributed by atoms with Crippen LogP contribution in [-0.2, 0) is 22.5 Å². The molecule has 1 aliphatic rings. The lowest BCUT2D eigenvalue weighted by molar-refractivity contribution is -0.146. The molecule has 0 saturated heterocycles. The summed E-state index contributed by atoms with van der Waals surface area (Å²) in [7, 11) is 0. The second-order valence-electron chi connectivity index (χ2n) is 6.15. The SMILES string of the molecule is CCOC(=O)C(c1ncn2c1CCC2)n1cnc2ccc(Br)cc2c1=O. The zero-order valence-electron chi connectivity index (χ0n) is 14.2. The van der Waals surface area contributed by atoms with E-state index in [2.05, 4.69) is 25.9 Å². The summed E-state index contributed by atoms with van der Waals surface area (Å²) in [5.41, 5.74) is 1.82. The number of benzene rings is 1. The van der Waals surface area contributed by atoms with Gasteiger partial charge in [-0.25, -0.2) is 14.8 Å². The summed E-state index contributed by atoms with van der Waals surface area (Å²) in [6, 6.07) is 4.36. The number of esters is 1. The van der Waals surface area contributed by atoms with Crippen LogP contribution in [0.25, 0.3) is 10.9 Å². The highest BCUT2D eigenvalue weighted by atomic mass is 79.9. The van der Waals surface area contributed by atoms with Gasteiger partial charge in [0.1, 0.15) is 0 Å². The maximum Gasteiger partial charge on any atom is 0.335 e. The van der Waals surface area contributed by atoms with E-state index in [1.165, 1.54) is 10.9 Å². The number of fused-ring (bicyclic) bond motifs is 2. The second kappa shape index (κ2) is 6.68. The van der Waals surface area contributed by atoms with E-state index < -0.39 is 12.0 Å². The molecule has 0 fully saturated rings. The average Bonchev–Trinajstić information content (AvgIpc) is 3.22. The van der Waals surface area contributed by atoms with Crippen molar-refractivity contribution in [3.8, 4) is 0 Å². The summed E-state index contributed by atoms with van der Waals surface area (Å²) >= 11 is 3.38. The number of aromatic nitrogens is 4. The normalized spacial score (nSPS) is 14.4. The van der Waals surface area contributed by atoms with E-state index in [-0.39, 0.29) is 12.2 Å². The fourth-order valence-electron chi connectivity index (χ4n) is 3.40. The Bertz CT molecular complexity index is 1060. The third kappa shape index (κ3) is 2.74. The van der Waals surface area contributed by atoms with Crippen LogP contribution in [0.1, 0.15) is 30.8 Å². The predicted molar refractivity (Wildman–Crippen MR) is 99.0 cm³/mol. The summed E-state index contributed by atoms with van der Waals surface area (Å²) < 4.78 is 9.38. The monoisotopic (exact) mass is 416 g/mol. The standard InChI is InChI=1S/C18H17BrN4O3/c1-2-26-18(25)16(15-14-4-3-7-22(14)9-21-15)23-10-20-13-6-5-11(19)8-12(13)17(23)24/h5-6,8-10,16H,2-4,7H2,1H3. The Morgan fingerprint density at radius 2 is 2.19 bits per heavy atom. The summed E-state index contributed by atoms with van der Waals surface area (Å²) in [5.74, 6) is -0.501. The zero-order chi connectivity index (χ0) is 18.3. The van der Waals surface area contributed by atoms with Crippen LogP contribution in [0.5, 0.6) is 0 Å². The van der Waals surface area contributed by atoms with Crippen molar-refractivity contribution in [2.45, 2.75) is 32.4 Å². The van der Waals surface area contributed by atoms with Crippen LogP contribution < -0.4 is 5.56 Å². The molecule has 0 N–H and O–H groups in total. The molecule has 1 aromatic carbocycles. The smallest absolute Gasteiger partial charge is 0.335 e. The number of rotatable bonds is 4. The third-order valence-electron chi connectivity index (χ3n) is 4.58. The number of halogens is 1. The molecule has 26 heavy (non-hydrogen) atoms. The van der Waals surface area contributed by atoms with Gasteiger partial charge in [-0.3, -0.25) is 9.36 Å². The van der Waals surface area contributed by atoms with Gasteiger partial charge in [-0.05, 0) is 38.0 Å². The van der Waals surface area contributed by atoms with E-state index in [4.69, 9.17) is 4.74 Å². The number of nitrogens with zero attached hydrogens (tertiary/aromatic N) is 4. The largest absolute Gasteiger partial charge is 0.464 e. The first-order valence-electron chi connectivity index (χ1n) is 8.47. The number of hydrogen-bond acceptors (Lipinski definition) is 5. The fourth-order valence-corrected chi connectivity index (χ4v) is 3.76. The fraction of sp³-hybridized carbons (Fsp3) is 0.333. The van der Waals surface area contributed by atoms with Crippen LogP contribution in [0.2, 0.25) is 0 Å². The van der Waals surface area contributed by atoms with Gasteiger partial charge in [-0.1, -0.05) is 15.9 Å². The van der Waals surface area contributed by atoms with E-state index in [1.807, 2.05) is 10.6 Å². The summed E-state index contributed by atoms with van der Waals surface area (Å²) in [6.07, 6.45) is 4.95. The molecule has 0 aliphatic carbocycles. The molecule has 0 radical (unpaired) electrons. The summed E-state index contributed by atoms with van der Waals surface area (Å²) in [6.45, 7) is 2.84. The van der Waals surface area contributed by atoms with Crippen LogP contribution in [0.15, 0.2) is 40.1 Å². The van der Waals surface area contributed by atoms with Crippen LogP contribution in [-0.4, -0.2) is 31.7 Å². The lowest BCUT2D eigenvalue weighted by Crippen LogP contribution is -2.33. The van der Waals surface area contributed by atoms with Crippen molar-refractivity contribution in [3.05, 3.63) is 57.1 Å². The Morgan fingerprint density at radius 1 is 1.35 bits per heavy atom. The van der Waals surface area contributed by atoms with Crippen molar-refractivity contribution < 1.29 is 9.53 Å². The number of carbonyl (C=O) groups excluding carboxylic acids is 1. The third-order valence-corrected chi connectivity index (χ3v) is 5.08. The Kier molecular flexibility index (Phi) is 4.36. The van der Waals surface area contributed by atoms with Crippen molar-refractivity contribution in [2.24, 2.45) is 0 Å². The molecule has 0 amide bonds. The van der Waals surface area contributed by atoms with E-state index in [9.17, 15) is 9.59 Å². The number of hydrogen-bond donors (Lipinski definition) is 0. The molecule has 7 nitrogen and oxygen atoms in total. The van der Waals surface area contributed by atoms with Crippen LogP contribution in [0, 0.1) is 0 Å². The molecular formula is C18H17BrN4O3. The molecule has 134 valence electrons. The molecule has 3 aromatic rings. The van der Waals surface area contributed by atoms with Gasteiger partial charge in [0, 0.05) is 16.7 Å². The van der Waals surface area contributed by atoms with E-state index >= 15 is 0 Å². The Morgan fingerprint density at radius 3 is 3.00 bits per heavy atom. The number of aryl methyl sites for hydroxylation is 1. The van der Waals surface area contributed by atoms with Crippen molar-refractivity contribution in [3.63, 3.8) is 0 Å². The van der Waals surface area contributed by atoms with E-state index in [0.717, 1.165) is 29.6 Å². The molecule has 1 aliphatic heterocycles. The van der Waals surface area contributed by atoms with Gasteiger partial charge < -0.3 is 9.30 Å². The highest BCUT2D eigenvalue weighted by molar-refractivity contribution is 9.10. The predicted octanol–water partition coefficient (Wildman–Crippen LogP) is 2.45. The van der Waals surface area contributed by atoms with Crippen LogP contribution in [0.3, 0.4) is 0 Å². The molecule has 8 heteroatoms. The van der Waals surface area contributed by atoms with Crippen molar-refractivity contribution in [2.75, 3.05) is 6.61 Å². The van der Waals surface area contributed by atoms with Crippen molar-refractivity contribution in [1.82, 2.24) is 19.1 Å². The number of ether oxygens (including phenoxy) is 1. The zero-order valence-corrected chi connectivity index (χ0v) is 15.8. The summed E-state index contributed by atoms with van der Waals surface area (Å²) in [5, 5.41) is 0.437. The Balaban J connectivity index is 1.92. The molecule has 0 saturated carbocycles. The molecule has 4 rings (SSSR count).